The van der Waals surface area contributed by atoms with Crippen molar-refractivity contribution in [1.82, 2.24) is 0 Å². The molecule has 0 amide bonds. The van der Waals surface area contributed by atoms with E-state index in [4.69, 9.17) is 16.3 Å². The molecule has 0 radical (unpaired) electrons. The SMILES string of the molecule is ClC1CC(OC2CCCCC2)C12CCCC2. The fraction of sp³-hybridized carbons (Fsp3) is 1.00. The summed E-state index contributed by atoms with van der Waals surface area (Å²) in [5.74, 6) is 0. The van der Waals surface area contributed by atoms with Gasteiger partial charge in [0.1, 0.15) is 0 Å². The zero-order valence-corrected chi connectivity index (χ0v) is 10.8. The molecule has 3 rings (SSSR count). The largest absolute Gasteiger partial charge is 0.374 e. The first-order valence-electron chi connectivity index (χ1n) is 7.11. The monoisotopic (exact) mass is 242 g/mol. The molecule has 3 saturated carbocycles. The van der Waals surface area contributed by atoms with Gasteiger partial charge in [0, 0.05) is 10.8 Å². The summed E-state index contributed by atoms with van der Waals surface area (Å²) in [5.41, 5.74) is 0.388. The summed E-state index contributed by atoms with van der Waals surface area (Å²) in [6, 6.07) is 0. The molecule has 0 aromatic rings. The Labute approximate surface area is 104 Å². The molecule has 0 heterocycles. The Balaban J connectivity index is 1.58. The molecule has 92 valence electrons. The van der Waals surface area contributed by atoms with Crippen LogP contribution in [0, 0.1) is 5.41 Å². The van der Waals surface area contributed by atoms with Crippen molar-refractivity contribution in [3.63, 3.8) is 0 Å². The minimum atomic E-state index is 0.388. The molecule has 16 heavy (non-hydrogen) atoms. The topological polar surface area (TPSA) is 9.23 Å². The predicted octanol–water partition coefficient (Wildman–Crippen LogP) is 4.28. The first kappa shape index (κ1) is 11.3. The van der Waals surface area contributed by atoms with Crippen LogP contribution in [0.25, 0.3) is 0 Å². The highest BCUT2D eigenvalue weighted by Gasteiger charge is 2.56. The van der Waals surface area contributed by atoms with Gasteiger partial charge in [0.05, 0.1) is 12.2 Å². The van der Waals surface area contributed by atoms with Gasteiger partial charge < -0.3 is 4.74 Å². The molecular weight excluding hydrogens is 220 g/mol. The van der Waals surface area contributed by atoms with E-state index in [0.29, 0.717) is 23.0 Å². The number of hydrogen-bond donors (Lipinski definition) is 0. The zero-order chi connectivity index (χ0) is 11.0. The van der Waals surface area contributed by atoms with Crippen LogP contribution in [0.1, 0.15) is 64.2 Å². The molecule has 2 atom stereocenters. The van der Waals surface area contributed by atoms with Gasteiger partial charge in [-0.25, -0.2) is 0 Å². The Hall–Kier alpha value is 0.250. The van der Waals surface area contributed by atoms with Crippen LogP contribution in [0.15, 0.2) is 0 Å². The van der Waals surface area contributed by atoms with Gasteiger partial charge in [-0.1, -0.05) is 32.1 Å². The van der Waals surface area contributed by atoms with Crippen molar-refractivity contribution in [3.8, 4) is 0 Å². The van der Waals surface area contributed by atoms with Crippen LogP contribution in [-0.2, 0) is 4.74 Å². The molecule has 1 nitrogen and oxygen atoms in total. The molecular formula is C14H23ClO. The second-order valence-corrected chi connectivity index (χ2v) is 6.56. The minimum absolute atomic E-state index is 0.388. The molecule has 0 N–H and O–H groups in total. The lowest BCUT2D eigenvalue weighted by molar-refractivity contribution is -0.144. The summed E-state index contributed by atoms with van der Waals surface area (Å²) in [6.07, 6.45) is 14.3. The Morgan fingerprint density at radius 2 is 1.62 bits per heavy atom. The fourth-order valence-corrected chi connectivity index (χ4v) is 4.51. The van der Waals surface area contributed by atoms with Crippen molar-refractivity contribution >= 4 is 11.6 Å². The zero-order valence-electron chi connectivity index (χ0n) is 10.1. The number of halogens is 1. The molecule has 0 aromatic heterocycles. The van der Waals surface area contributed by atoms with Gasteiger partial charge in [0.2, 0.25) is 0 Å². The van der Waals surface area contributed by atoms with Gasteiger partial charge in [0.15, 0.2) is 0 Å². The van der Waals surface area contributed by atoms with E-state index >= 15 is 0 Å². The summed E-state index contributed by atoms with van der Waals surface area (Å²) in [5, 5.41) is 0.406. The first-order valence-corrected chi connectivity index (χ1v) is 7.54. The second kappa shape index (κ2) is 4.49. The molecule has 0 bridgehead atoms. The lowest BCUT2D eigenvalue weighted by Gasteiger charge is -2.52. The van der Waals surface area contributed by atoms with E-state index in [1.165, 1.54) is 57.8 Å². The maximum absolute atomic E-state index is 6.44. The third-order valence-corrected chi connectivity index (χ3v) is 5.74. The summed E-state index contributed by atoms with van der Waals surface area (Å²) in [7, 11) is 0. The van der Waals surface area contributed by atoms with E-state index in [1.807, 2.05) is 0 Å². The maximum atomic E-state index is 6.44. The average molecular weight is 243 g/mol. The Kier molecular flexibility index (Phi) is 3.19. The van der Waals surface area contributed by atoms with Gasteiger partial charge in [-0.3, -0.25) is 0 Å². The molecule has 0 aromatic carbocycles. The first-order chi connectivity index (χ1) is 7.81. The van der Waals surface area contributed by atoms with Crippen LogP contribution in [0.3, 0.4) is 0 Å². The summed E-state index contributed by atoms with van der Waals surface area (Å²) < 4.78 is 6.35. The highest BCUT2D eigenvalue weighted by molar-refractivity contribution is 6.21. The van der Waals surface area contributed by atoms with Crippen LogP contribution in [0.4, 0.5) is 0 Å². The van der Waals surface area contributed by atoms with Crippen LogP contribution in [0.5, 0.6) is 0 Å². The lowest BCUT2D eigenvalue weighted by atomic mass is 9.64. The summed E-state index contributed by atoms with van der Waals surface area (Å²) in [4.78, 5) is 0. The number of hydrogen-bond acceptors (Lipinski definition) is 1. The van der Waals surface area contributed by atoms with E-state index in [9.17, 15) is 0 Å². The van der Waals surface area contributed by atoms with Crippen LogP contribution in [0.2, 0.25) is 0 Å². The highest BCUT2D eigenvalue weighted by Crippen LogP contribution is 2.57. The quantitative estimate of drug-likeness (QED) is 0.657. The molecule has 1 spiro atoms. The Bertz CT molecular complexity index is 241. The summed E-state index contributed by atoms with van der Waals surface area (Å²) in [6.45, 7) is 0. The molecule has 0 aliphatic heterocycles. The van der Waals surface area contributed by atoms with Crippen molar-refractivity contribution in [2.24, 2.45) is 5.41 Å². The van der Waals surface area contributed by atoms with Crippen molar-refractivity contribution < 1.29 is 4.74 Å². The van der Waals surface area contributed by atoms with Crippen molar-refractivity contribution in [3.05, 3.63) is 0 Å². The third-order valence-electron chi connectivity index (χ3n) is 5.13. The molecule has 0 saturated heterocycles. The number of rotatable bonds is 2. The van der Waals surface area contributed by atoms with E-state index < -0.39 is 0 Å². The van der Waals surface area contributed by atoms with Gasteiger partial charge in [-0.15, -0.1) is 11.6 Å². The second-order valence-electron chi connectivity index (χ2n) is 6.03. The lowest BCUT2D eigenvalue weighted by Crippen LogP contribution is -2.55. The van der Waals surface area contributed by atoms with Gasteiger partial charge >= 0.3 is 0 Å². The third kappa shape index (κ3) is 1.80. The van der Waals surface area contributed by atoms with Crippen LogP contribution in [-0.4, -0.2) is 17.6 Å². The van der Waals surface area contributed by atoms with E-state index in [2.05, 4.69) is 0 Å². The number of ether oxygens (including phenoxy) is 1. The minimum Gasteiger partial charge on any atom is -0.374 e. The molecule has 3 aliphatic carbocycles. The van der Waals surface area contributed by atoms with Crippen molar-refractivity contribution in [2.75, 3.05) is 0 Å². The molecule has 2 heteroatoms. The smallest absolute Gasteiger partial charge is 0.0663 e. The Morgan fingerprint density at radius 1 is 0.938 bits per heavy atom. The van der Waals surface area contributed by atoms with Gasteiger partial charge in [-0.2, -0.15) is 0 Å². The van der Waals surface area contributed by atoms with E-state index in [-0.39, 0.29) is 0 Å². The fourth-order valence-electron chi connectivity index (χ4n) is 3.99. The standard InChI is InChI=1S/C14H23ClO/c15-12-10-13(14(12)8-4-5-9-14)16-11-6-2-1-3-7-11/h11-13H,1-10H2. The number of alkyl halides is 1. The van der Waals surface area contributed by atoms with E-state index in [1.54, 1.807) is 0 Å². The normalized spacial score (nSPS) is 38.8. The van der Waals surface area contributed by atoms with Crippen molar-refractivity contribution in [2.45, 2.75) is 81.8 Å². The maximum Gasteiger partial charge on any atom is 0.0663 e. The van der Waals surface area contributed by atoms with Crippen LogP contribution < -0.4 is 0 Å². The van der Waals surface area contributed by atoms with Crippen molar-refractivity contribution in [1.29, 1.82) is 0 Å². The average Bonchev–Trinajstić information content (AvgIpc) is 2.82. The predicted molar refractivity (Wildman–Crippen MR) is 66.9 cm³/mol. The molecule has 3 fully saturated rings. The summed E-state index contributed by atoms with van der Waals surface area (Å²) >= 11 is 6.44. The Morgan fingerprint density at radius 3 is 2.25 bits per heavy atom. The van der Waals surface area contributed by atoms with Gasteiger partial charge in [-0.05, 0) is 32.1 Å². The molecule has 2 unspecified atom stereocenters. The van der Waals surface area contributed by atoms with Gasteiger partial charge in [0.25, 0.3) is 0 Å². The highest BCUT2D eigenvalue weighted by atomic mass is 35.5. The van der Waals surface area contributed by atoms with Crippen LogP contribution >= 0.6 is 11.6 Å². The van der Waals surface area contributed by atoms with E-state index in [0.717, 1.165) is 6.42 Å². The molecule has 3 aliphatic rings.